The lowest BCUT2D eigenvalue weighted by molar-refractivity contribution is 0.291. The second-order valence-corrected chi connectivity index (χ2v) is 6.98. The summed E-state index contributed by atoms with van der Waals surface area (Å²) in [6, 6.07) is 15.2. The SMILES string of the molecule is COc1cc(OC)cc(N(CCCO)c2ccc(N)c(N=C(C)c3cccnc3)c2)c1. The van der Waals surface area contributed by atoms with Gasteiger partial charge in [0.15, 0.2) is 0 Å². The average Bonchev–Trinajstić information content (AvgIpc) is 2.81. The van der Waals surface area contributed by atoms with E-state index in [0.29, 0.717) is 35.8 Å². The van der Waals surface area contributed by atoms with Crippen molar-refractivity contribution in [2.24, 2.45) is 4.99 Å². The van der Waals surface area contributed by atoms with Crippen LogP contribution >= 0.6 is 0 Å². The Hall–Kier alpha value is -3.58. The quantitative estimate of drug-likeness (QED) is 0.395. The van der Waals surface area contributed by atoms with Gasteiger partial charge in [-0.2, -0.15) is 0 Å². The van der Waals surface area contributed by atoms with Gasteiger partial charge < -0.3 is 25.2 Å². The van der Waals surface area contributed by atoms with Crippen LogP contribution in [0.15, 0.2) is 65.9 Å². The molecule has 31 heavy (non-hydrogen) atoms. The van der Waals surface area contributed by atoms with Gasteiger partial charge in [0, 0.05) is 66.4 Å². The number of nitrogens with zero attached hydrogens (tertiary/aromatic N) is 3. The summed E-state index contributed by atoms with van der Waals surface area (Å²) in [6.45, 7) is 2.61. The molecule has 0 aliphatic heterocycles. The molecular formula is C24H28N4O3. The van der Waals surface area contributed by atoms with Gasteiger partial charge in [-0.3, -0.25) is 9.98 Å². The second-order valence-electron chi connectivity index (χ2n) is 6.98. The molecule has 0 aliphatic carbocycles. The Morgan fingerprint density at radius 3 is 2.42 bits per heavy atom. The first-order chi connectivity index (χ1) is 15.0. The van der Waals surface area contributed by atoms with E-state index >= 15 is 0 Å². The van der Waals surface area contributed by atoms with E-state index in [1.807, 2.05) is 55.5 Å². The van der Waals surface area contributed by atoms with Crippen molar-refractivity contribution < 1.29 is 14.6 Å². The van der Waals surface area contributed by atoms with Crippen molar-refractivity contribution in [3.05, 3.63) is 66.5 Å². The standard InChI is InChI=1S/C24H28N4O3/c1-17(18-6-4-9-26-16-18)27-24-14-19(7-8-23(24)25)28(10-5-11-29)20-12-21(30-2)15-22(13-20)31-3/h4,6-9,12-16,29H,5,10-11,25H2,1-3H3. The van der Waals surface area contributed by atoms with Crippen LogP contribution in [0.25, 0.3) is 0 Å². The van der Waals surface area contributed by atoms with Crippen LogP contribution < -0.4 is 20.1 Å². The fourth-order valence-electron chi connectivity index (χ4n) is 3.20. The van der Waals surface area contributed by atoms with Gasteiger partial charge in [0.25, 0.3) is 0 Å². The summed E-state index contributed by atoms with van der Waals surface area (Å²) in [5.74, 6) is 1.37. The number of hydrogen-bond donors (Lipinski definition) is 2. The number of aliphatic hydroxyl groups is 1. The van der Waals surface area contributed by atoms with Gasteiger partial charge in [-0.25, -0.2) is 0 Å². The second kappa shape index (κ2) is 10.4. The Morgan fingerprint density at radius 2 is 1.81 bits per heavy atom. The third-order valence-electron chi connectivity index (χ3n) is 4.88. The minimum atomic E-state index is 0.0811. The van der Waals surface area contributed by atoms with E-state index in [1.54, 1.807) is 26.6 Å². The predicted octanol–water partition coefficient (Wildman–Crippen LogP) is 4.34. The van der Waals surface area contributed by atoms with Crippen LogP contribution in [0.5, 0.6) is 11.5 Å². The van der Waals surface area contributed by atoms with Crippen molar-refractivity contribution in [3.8, 4) is 11.5 Å². The smallest absolute Gasteiger partial charge is 0.124 e. The zero-order chi connectivity index (χ0) is 22.2. The van der Waals surface area contributed by atoms with E-state index in [-0.39, 0.29) is 6.61 Å². The molecule has 1 aromatic heterocycles. The molecule has 0 saturated heterocycles. The molecule has 7 heteroatoms. The van der Waals surface area contributed by atoms with Crippen LogP contribution in [0.1, 0.15) is 18.9 Å². The van der Waals surface area contributed by atoms with Gasteiger partial charge in [0.05, 0.1) is 25.6 Å². The Labute approximate surface area is 182 Å². The molecule has 0 spiro atoms. The van der Waals surface area contributed by atoms with Gasteiger partial charge in [-0.05, 0) is 37.6 Å². The fourth-order valence-corrected chi connectivity index (χ4v) is 3.20. The topological polar surface area (TPSA) is 93.2 Å². The summed E-state index contributed by atoms with van der Waals surface area (Å²) in [5, 5.41) is 9.43. The highest BCUT2D eigenvalue weighted by Crippen LogP contribution is 2.36. The molecule has 3 rings (SSSR count). The maximum Gasteiger partial charge on any atom is 0.124 e. The summed E-state index contributed by atoms with van der Waals surface area (Å²) in [4.78, 5) is 11.0. The normalized spacial score (nSPS) is 11.3. The van der Waals surface area contributed by atoms with Crippen molar-refractivity contribution in [1.82, 2.24) is 4.98 Å². The van der Waals surface area contributed by atoms with Gasteiger partial charge in [-0.15, -0.1) is 0 Å². The van der Waals surface area contributed by atoms with Crippen LogP contribution in [-0.2, 0) is 0 Å². The Kier molecular flexibility index (Phi) is 7.45. The molecule has 0 amide bonds. The first kappa shape index (κ1) is 22.1. The van der Waals surface area contributed by atoms with E-state index in [1.165, 1.54) is 0 Å². The number of nitrogen functional groups attached to an aromatic ring is 1. The lowest BCUT2D eigenvalue weighted by Gasteiger charge is -2.26. The van der Waals surface area contributed by atoms with Gasteiger partial charge >= 0.3 is 0 Å². The molecular weight excluding hydrogens is 392 g/mol. The molecule has 2 aromatic carbocycles. The summed E-state index contributed by atoms with van der Waals surface area (Å²) in [6.07, 6.45) is 4.10. The molecule has 0 bridgehead atoms. The van der Waals surface area contributed by atoms with Crippen LogP contribution in [0.3, 0.4) is 0 Å². The summed E-state index contributed by atoms with van der Waals surface area (Å²) >= 11 is 0. The minimum absolute atomic E-state index is 0.0811. The molecule has 3 N–H and O–H groups in total. The number of anilines is 3. The number of aromatic nitrogens is 1. The summed E-state index contributed by atoms with van der Waals surface area (Å²) in [7, 11) is 3.24. The molecule has 0 unspecified atom stereocenters. The molecule has 0 saturated carbocycles. The zero-order valence-corrected chi connectivity index (χ0v) is 18.1. The largest absolute Gasteiger partial charge is 0.497 e. The van der Waals surface area contributed by atoms with Crippen molar-refractivity contribution >= 4 is 28.5 Å². The molecule has 0 atom stereocenters. The molecule has 162 valence electrons. The monoisotopic (exact) mass is 420 g/mol. The van der Waals surface area contributed by atoms with Gasteiger partial charge in [0.1, 0.15) is 11.5 Å². The van der Waals surface area contributed by atoms with Crippen LogP contribution in [-0.4, -0.2) is 43.2 Å². The van der Waals surface area contributed by atoms with E-state index in [2.05, 4.69) is 9.88 Å². The maximum absolute atomic E-state index is 9.43. The third-order valence-corrected chi connectivity index (χ3v) is 4.88. The number of aliphatic hydroxyl groups excluding tert-OH is 1. The van der Waals surface area contributed by atoms with E-state index in [4.69, 9.17) is 20.2 Å². The number of hydrogen-bond acceptors (Lipinski definition) is 7. The molecule has 0 fully saturated rings. The van der Waals surface area contributed by atoms with Gasteiger partial charge in [-0.1, -0.05) is 6.07 Å². The van der Waals surface area contributed by atoms with E-state index in [0.717, 1.165) is 22.6 Å². The molecule has 0 aliphatic rings. The summed E-state index contributed by atoms with van der Waals surface area (Å²) in [5.41, 5.74) is 11.0. The van der Waals surface area contributed by atoms with Crippen molar-refractivity contribution in [2.75, 3.05) is 38.0 Å². The zero-order valence-electron chi connectivity index (χ0n) is 18.1. The van der Waals surface area contributed by atoms with Crippen molar-refractivity contribution in [1.29, 1.82) is 0 Å². The fraction of sp³-hybridized carbons (Fsp3) is 0.250. The molecule has 3 aromatic rings. The first-order valence-electron chi connectivity index (χ1n) is 10.0. The van der Waals surface area contributed by atoms with Crippen LogP contribution in [0.2, 0.25) is 0 Å². The number of methoxy groups -OCH3 is 2. The molecule has 1 heterocycles. The lowest BCUT2D eigenvalue weighted by Crippen LogP contribution is -2.19. The molecule has 0 radical (unpaired) electrons. The number of ether oxygens (including phenoxy) is 2. The minimum Gasteiger partial charge on any atom is -0.497 e. The lowest BCUT2D eigenvalue weighted by atomic mass is 10.1. The van der Waals surface area contributed by atoms with Crippen molar-refractivity contribution in [2.45, 2.75) is 13.3 Å². The first-order valence-corrected chi connectivity index (χ1v) is 10.0. The van der Waals surface area contributed by atoms with Crippen LogP contribution in [0, 0.1) is 0 Å². The summed E-state index contributed by atoms with van der Waals surface area (Å²) < 4.78 is 10.9. The Morgan fingerprint density at radius 1 is 1.06 bits per heavy atom. The maximum atomic E-state index is 9.43. The average molecular weight is 421 g/mol. The number of pyridine rings is 1. The number of nitrogens with two attached hydrogens (primary N) is 1. The van der Waals surface area contributed by atoms with E-state index < -0.39 is 0 Å². The highest BCUT2D eigenvalue weighted by Gasteiger charge is 2.14. The number of benzene rings is 2. The van der Waals surface area contributed by atoms with Gasteiger partial charge in [0.2, 0.25) is 0 Å². The Balaban J connectivity index is 2.04. The Bertz CT molecular complexity index is 1020. The third kappa shape index (κ3) is 5.52. The molecule has 7 nitrogen and oxygen atoms in total. The highest BCUT2D eigenvalue weighted by molar-refractivity contribution is 6.00. The van der Waals surface area contributed by atoms with Crippen LogP contribution in [0.4, 0.5) is 22.7 Å². The van der Waals surface area contributed by atoms with E-state index in [9.17, 15) is 5.11 Å². The predicted molar refractivity (Wildman–Crippen MR) is 125 cm³/mol. The number of rotatable bonds is 9. The number of aliphatic imine (C=N–C) groups is 1. The van der Waals surface area contributed by atoms with Crippen molar-refractivity contribution in [3.63, 3.8) is 0 Å². The highest BCUT2D eigenvalue weighted by atomic mass is 16.5.